The van der Waals surface area contributed by atoms with E-state index in [1.807, 2.05) is 48.5 Å². The molecule has 0 unspecified atom stereocenters. The van der Waals surface area contributed by atoms with Crippen LogP contribution in [0.25, 0.3) is 76.8 Å². The molecule has 1 aliphatic rings. The predicted molar refractivity (Wildman–Crippen MR) is 181 cm³/mol. The first kappa shape index (κ1) is 22.0. The third-order valence-corrected chi connectivity index (χ3v) is 8.73. The summed E-state index contributed by atoms with van der Waals surface area (Å²) in [6.45, 7) is 0. The lowest BCUT2D eigenvalue weighted by molar-refractivity contribution is 0.487. The van der Waals surface area contributed by atoms with Crippen molar-refractivity contribution in [3.8, 4) is 56.0 Å². The fourth-order valence-electron chi connectivity index (χ4n) is 6.88. The van der Waals surface area contributed by atoms with Gasteiger partial charge in [-0.3, -0.25) is 0 Å². The van der Waals surface area contributed by atoms with E-state index in [1.54, 1.807) is 0 Å². The van der Waals surface area contributed by atoms with E-state index in [1.165, 1.54) is 0 Å². The van der Waals surface area contributed by atoms with Crippen LogP contribution in [0.4, 0.5) is 0 Å². The zero-order chi connectivity index (χ0) is 30.1. The van der Waals surface area contributed by atoms with Crippen LogP contribution in [0.3, 0.4) is 0 Å². The predicted octanol–water partition coefficient (Wildman–Crippen LogP) is 11.9. The molecule has 0 aromatic heterocycles. The van der Waals surface area contributed by atoms with E-state index in [-0.39, 0.29) is 0 Å². The van der Waals surface area contributed by atoms with Gasteiger partial charge in [0.2, 0.25) is 0 Å². The van der Waals surface area contributed by atoms with E-state index in [0.717, 1.165) is 88.3 Å². The standard InChI is InChI=1S/C42H26O/c1-2-12-27(13-3-1)28-14-10-15-29(26-28)40-31-17-4-6-19-33(31)41(34-20-7-5-18-32(34)40)37-25-24-36-30-16-8-9-22-38(30)43-39-23-11-21-35(37)42(36)39/h1-26H/i4D,7D. The largest absolute Gasteiger partial charge is 0.456 e. The molecule has 9 rings (SSSR count). The molecule has 1 nitrogen and oxygen atoms in total. The quantitative estimate of drug-likeness (QED) is 0.200. The van der Waals surface area contributed by atoms with Crippen molar-refractivity contribution in [2.24, 2.45) is 0 Å². The number of rotatable bonds is 3. The maximum atomic E-state index is 8.70. The van der Waals surface area contributed by atoms with Crippen LogP contribution in [0.5, 0.6) is 11.5 Å². The van der Waals surface area contributed by atoms with Crippen molar-refractivity contribution in [2.75, 3.05) is 0 Å². The van der Waals surface area contributed by atoms with Crippen molar-refractivity contribution >= 4 is 32.3 Å². The van der Waals surface area contributed by atoms with Crippen LogP contribution in [0.1, 0.15) is 2.74 Å². The van der Waals surface area contributed by atoms with E-state index < -0.39 is 0 Å². The Labute approximate surface area is 253 Å². The van der Waals surface area contributed by atoms with Crippen LogP contribution in [0, 0.1) is 0 Å². The third-order valence-electron chi connectivity index (χ3n) is 8.73. The fourth-order valence-corrected chi connectivity index (χ4v) is 6.88. The summed E-state index contributed by atoms with van der Waals surface area (Å²) in [5, 5.41) is 6.36. The van der Waals surface area contributed by atoms with Gasteiger partial charge in [0.1, 0.15) is 11.5 Å². The van der Waals surface area contributed by atoms with Crippen molar-refractivity contribution in [3.63, 3.8) is 0 Å². The Morgan fingerprint density at radius 1 is 0.372 bits per heavy atom. The maximum Gasteiger partial charge on any atom is 0.135 e. The van der Waals surface area contributed by atoms with E-state index >= 15 is 0 Å². The van der Waals surface area contributed by atoms with Gasteiger partial charge >= 0.3 is 0 Å². The SMILES string of the molecule is [2H]c1ccc2c(-c3ccc4c5c(cccc35)Oc3ccccc3-4)c3cc([2H])ccc3c(-c3cccc(-c4ccccc4)c3)c2c1. The first-order chi connectivity index (χ1) is 22.1. The second-order valence-electron chi connectivity index (χ2n) is 11.1. The van der Waals surface area contributed by atoms with Crippen molar-refractivity contribution in [2.45, 2.75) is 0 Å². The zero-order valence-corrected chi connectivity index (χ0v) is 23.3. The van der Waals surface area contributed by atoms with Gasteiger partial charge in [-0.2, -0.15) is 0 Å². The number of benzene rings is 8. The minimum Gasteiger partial charge on any atom is -0.456 e. The smallest absolute Gasteiger partial charge is 0.135 e. The zero-order valence-electron chi connectivity index (χ0n) is 25.3. The molecule has 0 amide bonds. The Morgan fingerprint density at radius 3 is 1.84 bits per heavy atom. The second kappa shape index (κ2) is 9.44. The molecule has 0 saturated heterocycles. The molecule has 0 saturated carbocycles. The van der Waals surface area contributed by atoms with Crippen molar-refractivity contribution in [3.05, 3.63) is 158 Å². The monoisotopic (exact) mass is 548 g/mol. The number of fused-ring (bicyclic) bond motifs is 4. The highest BCUT2D eigenvalue weighted by molar-refractivity contribution is 6.24. The van der Waals surface area contributed by atoms with Gasteiger partial charge < -0.3 is 4.74 Å². The average molecular weight is 549 g/mol. The summed E-state index contributed by atoms with van der Waals surface area (Å²) < 4.78 is 23.8. The summed E-state index contributed by atoms with van der Waals surface area (Å²) in [5.41, 5.74) is 8.86. The lowest BCUT2D eigenvalue weighted by Gasteiger charge is -2.24. The lowest BCUT2D eigenvalue weighted by Crippen LogP contribution is -1.98. The fraction of sp³-hybridized carbons (Fsp3) is 0. The van der Waals surface area contributed by atoms with Crippen molar-refractivity contribution < 1.29 is 7.48 Å². The van der Waals surface area contributed by atoms with Gasteiger partial charge in [0.05, 0.1) is 2.74 Å². The van der Waals surface area contributed by atoms with Crippen molar-refractivity contribution in [1.82, 2.24) is 0 Å². The molecule has 43 heavy (non-hydrogen) atoms. The van der Waals surface area contributed by atoms with E-state index in [4.69, 9.17) is 7.48 Å². The Hall–Kier alpha value is -5.66. The first-order valence-corrected chi connectivity index (χ1v) is 14.6. The summed E-state index contributed by atoms with van der Waals surface area (Å²) >= 11 is 0. The van der Waals surface area contributed by atoms with E-state index in [2.05, 4.69) is 97.1 Å². The lowest BCUT2D eigenvalue weighted by atomic mass is 9.83. The molecule has 0 radical (unpaired) electrons. The minimum absolute atomic E-state index is 0.462. The number of ether oxygens (including phenoxy) is 1. The van der Waals surface area contributed by atoms with E-state index in [9.17, 15) is 0 Å². The van der Waals surface area contributed by atoms with Gasteiger partial charge in [0.15, 0.2) is 0 Å². The highest BCUT2D eigenvalue weighted by atomic mass is 16.5. The van der Waals surface area contributed by atoms with Crippen molar-refractivity contribution in [1.29, 1.82) is 0 Å². The van der Waals surface area contributed by atoms with Crippen LogP contribution in [0.15, 0.2) is 158 Å². The second-order valence-corrected chi connectivity index (χ2v) is 11.1. The van der Waals surface area contributed by atoms with E-state index in [0.29, 0.717) is 12.1 Å². The molecule has 0 N–H and O–H groups in total. The molecule has 0 bridgehead atoms. The first-order valence-electron chi connectivity index (χ1n) is 15.6. The Bertz CT molecular complexity index is 2480. The number of hydrogen-bond donors (Lipinski definition) is 0. The molecule has 0 aliphatic carbocycles. The molecule has 0 fully saturated rings. The van der Waals surface area contributed by atoms with Crippen LogP contribution in [-0.2, 0) is 0 Å². The van der Waals surface area contributed by atoms with Crippen LogP contribution < -0.4 is 4.74 Å². The summed E-state index contributed by atoms with van der Waals surface area (Å²) in [4.78, 5) is 0. The van der Waals surface area contributed by atoms with Gasteiger partial charge in [-0.1, -0.05) is 139 Å². The maximum absolute atomic E-state index is 8.70. The molecule has 0 spiro atoms. The normalized spacial score (nSPS) is 12.6. The molecule has 200 valence electrons. The van der Waals surface area contributed by atoms with Gasteiger partial charge in [-0.25, -0.2) is 0 Å². The molecule has 8 aromatic rings. The Morgan fingerprint density at radius 2 is 0.977 bits per heavy atom. The molecule has 1 heterocycles. The average Bonchev–Trinajstić information content (AvgIpc) is 3.08. The molecule has 1 aliphatic heterocycles. The third kappa shape index (κ3) is 3.65. The minimum atomic E-state index is 0.462. The molecular weight excluding hydrogens is 520 g/mol. The molecule has 0 atom stereocenters. The highest BCUT2D eigenvalue weighted by Gasteiger charge is 2.23. The summed E-state index contributed by atoms with van der Waals surface area (Å²) in [5.74, 6) is 1.71. The highest BCUT2D eigenvalue weighted by Crippen LogP contribution is 2.51. The van der Waals surface area contributed by atoms with Crippen LogP contribution in [0.2, 0.25) is 0 Å². The summed E-state index contributed by atoms with van der Waals surface area (Å²) in [7, 11) is 0. The summed E-state index contributed by atoms with van der Waals surface area (Å²) in [6.07, 6.45) is 0. The van der Waals surface area contributed by atoms with Gasteiger partial charge in [0, 0.05) is 10.9 Å². The summed E-state index contributed by atoms with van der Waals surface area (Å²) in [6, 6.07) is 50.8. The Balaban J connectivity index is 1.39. The topological polar surface area (TPSA) is 9.23 Å². The van der Waals surface area contributed by atoms with Gasteiger partial charge in [0.25, 0.3) is 0 Å². The van der Waals surface area contributed by atoms with Gasteiger partial charge in [-0.05, 0) is 84.1 Å². The number of hydrogen-bond acceptors (Lipinski definition) is 1. The van der Waals surface area contributed by atoms with Gasteiger partial charge in [-0.15, -0.1) is 0 Å². The number of para-hydroxylation sites is 1. The molecule has 1 heteroatoms. The molecule has 8 aromatic carbocycles. The van der Waals surface area contributed by atoms with Crippen LogP contribution >= 0.6 is 0 Å². The molecular formula is C42H26O. The Kier molecular flexibility index (Phi) is 4.83. The van der Waals surface area contributed by atoms with Crippen LogP contribution in [-0.4, -0.2) is 0 Å².